The molecule has 1 aliphatic rings. The van der Waals surface area contributed by atoms with E-state index in [1.807, 2.05) is 54.4 Å². The molecule has 2 amide bonds. The average molecular weight is 704 g/mol. The number of fused-ring (bicyclic) bond motifs is 1. The number of hydrogen-bond acceptors (Lipinski definition) is 7. The number of benzene rings is 3. The predicted octanol–water partition coefficient (Wildman–Crippen LogP) is 6.13. The normalized spacial score (nSPS) is 12.9. The smallest absolute Gasteiger partial charge is 0.266 e. The Morgan fingerprint density at radius 1 is 1.11 bits per heavy atom. The Bertz CT molecular complexity index is 1870. The molecule has 46 heavy (non-hydrogen) atoms. The number of carbonyl (C=O) groups excluding carboxylic acids is 2. The molecule has 0 unspecified atom stereocenters. The quantitative estimate of drug-likeness (QED) is 0.133. The Morgan fingerprint density at radius 3 is 2.70 bits per heavy atom. The number of nitrogens with one attached hydrogen (secondary N) is 1. The predicted molar refractivity (Wildman–Crippen MR) is 181 cm³/mol. The molecule has 242 valence electrons. The average Bonchev–Trinajstić information content (AvgIpc) is 3.49. The minimum atomic E-state index is -4.20. The molecular formula is C32H32Cl2N4O6S2. The molecule has 2 N–H and O–H groups in total. The molecule has 0 spiro atoms. The van der Waals surface area contributed by atoms with Crippen molar-refractivity contribution in [2.75, 3.05) is 36.1 Å². The summed E-state index contributed by atoms with van der Waals surface area (Å²) < 4.78 is 38.4. The van der Waals surface area contributed by atoms with Crippen LogP contribution >= 0.6 is 35.0 Å². The number of anilines is 1. The summed E-state index contributed by atoms with van der Waals surface area (Å²) in [7, 11) is -4.20. The van der Waals surface area contributed by atoms with Crippen LogP contribution in [0.5, 0.6) is 5.75 Å². The van der Waals surface area contributed by atoms with Crippen LogP contribution in [0.15, 0.2) is 71.9 Å². The number of amides is 2. The SMILES string of the molecule is Cc1c(Cl)cccc1OCCCC(=O)N1CCSc2c(-c3cnn(Cc4cccc(C(=O)NCCS(=O)(=O)O)c4Cl)c3)cccc21. The standard InChI is InChI=1S/C32H32Cl2N4O6S2/c1-21-26(33)9-4-11-28(21)44-15-5-12-29(39)38-14-16-45-31-24(7-3-10-27(31)38)23-18-36-37(20-23)19-22-6-2-8-25(30(22)34)32(40)35-13-17-46(41,42)43/h2-4,6-11,18,20H,5,12-17,19H2,1H3,(H,35,40)(H,41,42,43). The largest absolute Gasteiger partial charge is 0.493 e. The summed E-state index contributed by atoms with van der Waals surface area (Å²) in [4.78, 5) is 28.7. The fraction of sp³-hybridized carbons (Fsp3) is 0.281. The zero-order valence-electron chi connectivity index (χ0n) is 24.9. The first kappa shape index (κ1) is 33.8. The Morgan fingerprint density at radius 2 is 1.89 bits per heavy atom. The third kappa shape index (κ3) is 8.23. The topological polar surface area (TPSA) is 131 Å². The van der Waals surface area contributed by atoms with Crippen LogP contribution in [0.3, 0.4) is 0 Å². The highest BCUT2D eigenvalue weighted by molar-refractivity contribution is 7.99. The number of rotatable bonds is 12. The van der Waals surface area contributed by atoms with Crippen LogP contribution in [0.4, 0.5) is 5.69 Å². The lowest BCUT2D eigenvalue weighted by atomic mass is 10.1. The first-order chi connectivity index (χ1) is 22.0. The highest BCUT2D eigenvalue weighted by Gasteiger charge is 2.25. The van der Waals surface area contributed by atoms with Crippen molar-refractivity contribution >= 4 is 62.6 Å². The lowest BCUT2D eigenvalue weighted by Gasteiger charge is -2.30. The Hall–Kier alpha value is -3.55. The van der Waals surface area contributed by atoms with Gasteiger partial charge in [0.1, 0.15) is 5.75 Å². The molecule has 0 bridgehead atoms. The number of carbonyl (C=O) groups is 2. The van der Waals surface area contributed by atoms with Gasteiger partial charge in [-0.2, -0.15) is 13.5 Å². The van der Waals surface area contributed by atoms with Gasteiger partial charge in [-0.1, -0.05) is 53.5 Å². The Labute approximate surface area is 281 Å². The number of ether oxygens (including phenoxy) is 1. The van der Waals surface area contributed by atoms with Crippen LogP contribution in [0.25, 0.3) is 11.1 Å². The van der Waals surface area contributed by atoms with Gasteiger partial charge >= 0.3 is 0 Å². The molecule has 0 fully saturated rings. The summed E-state index contributed by atoms with van der Waals surface area (Å²) in [5.41, 5.74) is 4.42. The van der Waals surface area contributed by atoms with Crippen molar-refractivity contribution in [2.24, 2.45) is 0 Å². The van der Waals surface area contributed by atoms with Crippen LogP contribution in [0, 0.1) is 6.92 Å². The first-order valence-corrected chi connectivity index (χ1v) is 17.8. The second-order valence-corrected chi connectivity index (χ2v) is 14.1. The van der Waals surface area contributed by atoms with Crippen molar-refractivity contribution in [3.63, 3.8) is 0 Å². The molecule has 14 heteroatoms. The molecule has 3 aromatic carbocycles. The van der Waals surface area contributed by atoms with Crippen LogP contribution < -0.4 is 15.0 Å². The second-order valence-electron chi connectivity index (χ2n) is 10.6. The maximum absolute atomic E-state index is 13.3. The van der Waals surface area contributed by atoms with Gasteiger partial charge in [-0.05, 0) is 43.2 Å². The van der Waals surface area contributed by atoms with E-state index in [4.69, 9.17) is 32.5 Å². The fourth-order valence-corrected chi connectivity index (χ4v) is 6.99. The van der Waals surface area contributed by atoms with Crippen LogP contribution in [0.1, 0.15) is 34.3 Å². The van der Waals surface area contributed by atoms with E-state index in [0.717, 1.165) is 38.8 Å². The molecule has 1 aromatic heterocycles. The Kier molecular flexibility index (Phi) is 11.0. The molecule has 0 saturated heterocycles. The van der Waals surface area contributed by atoms with Crippen LogP contribution in [-0.2, 0) is 21.5 Å². The molecule has 10 nitrogen and oxygen atoms in total. The van der Waals surface area contributed by atoms with Gasteiger partial charge in [0.25, 0.3) is 16.0 Å². The molecule has 4 aromatic rings. The summed E-state index contributed by atoms with van der Waals surface area (Å²) >= 11 is 14.4. The number of nitrogens with zero attached hydrogens (tertiary/aromatic N) is 3. The van der Waals surface area contributed by atoms with E-state index in [9.17, 15) is 18.0 Å². The lowest BCUT2D eigenvalue weighted by molar-refractivity contribution is -0.118. The van der Waals surface area contributed by atoms with E-state index in [0.29, 0.717) is 36.6 Å². The third-order valence-corrected chi connectivity index (χ3v) is 10.1. The summed E-state index contributed by atoms with van der Waals surface area (Å²) in [5, 5.41) is 7.84. The molecular weight excluding hydrogens is 671 g/mol. The zero-order chi connectivity index (χ0) is 32.8. The summed E-state index contributed by atoms with van der Waals surface area (Å²) in [6.45, 7) is 2.97. The van der Waals surface area contributed by atoms with Crippen molar-refractivity contribution in [3.05, 3.63) is 93.7 Å². The lowest BCUT2D eigenvalue weighted by Crippen LogP contribution is -2.35. The van der Waals surface area contributed by atoms with E-state index in [-0.39, 0.29) is 29.6 Å². The van der Waals surface area contributed by atoms with Gasteiger partial charge in [-0.15, -0.1) is 11.8 Å². The second kappa shape index (κ2) is 14.9. The molecule has 2 heterocycles. The van der Waals surface area contributed by atoms with Gasteiger partial charge in [0.2, 0.25) is 5.91 Å². The highest BCUT2D eigenvalue weighted by Crippen LogP contribution is 2.42. The maximum atomic E-state index is 13.3. The van der Waals surface area contributed by atoms with Gasteiger partial charge < -0.3 is 15.0 Å². The molecule has 5 rings (SSSR count). The van der Waals surface area contributed by atoms with Gasteiger partial charge in [0.05, 0.1) is 41.4 Å². The number of aromatic nitrogens is 2. The van der Waals surface area contributed by atoms with Crippen LogP contribution in [0.2, 0.25) is 10.0 Å². The summed E-state index contributed by atoms with van der Waals surface area (Å²) in [5.74, 6) is 0.374. The molecule has 1 aliphatic heterocycles. The zero-order valence-corrected chi connectivity index (χ0v) is 28.1. The first-order valence-electron chi connectivity index (χ1n) is 14.5. The fourth-order valence-electron chi connectivity index (χ4n) is 5.05. The number of halogens is 2. The third-order valence-electron chi connectivity index (χ3n) is 7.40. The van der Waals surface area contributed by atoms with Crippen molar-refractivity contribution in [1.29, 1.82) is 0 Å². The minimum Gasteiger partial charge on any atom is -0.493 e. The van der Waals surface area contributed by atoms with Crippen LogP contribution in [-0.4, -0.2) is 65.8 Å². The molecule has 0 saturated carbocycles. The van der Waals surface area contributed by atoms with Gasteiger partial charge in [-0.25, -0.2) is 0 Å². The minimum absolute atomic E-state index is 0.0392. The monoisotopic (exact) mass is 702 g/mol. The number of thioether (sulfide) groups is 1. The van der Waals surface area contributed by atoms with Crippen molar-refractivity contribution < 1.29 is 27.3 Å². The number of hydrogen-bond donors (Lipinski definition) is 2. The van der Waals surface area contributed by atoms with Gasteiger partial charge in [-0.3, -0.25) is 18.8 Å². The molecule has 0 atom stereocenters. The van der Waals surface area contributed by atoms with Crippen molar-refractivity contribution in [3.8, 4) is 16.9 Å². The van der Waals surface area contributed by atoms with Crippen molar-refractivity contribution in [1.82, 2.24) is 15.1 Å². The van der Waals surface area contributed by atoms with E-state index in [2.05, 4.69) is 10.4 Å². The molecule has 0 radical (unpaired) electrons. The van der Waals surface area contributed by atoms with E-state index < -0.39 is 21.8 Å². The van der Waals surface area contributed by atoms with E-state index >= 15 is 0 Å². The highest BCUT2D eigenvalue weighted by atomic mass is 35.5. The molecule has 0 aliphatic carbocycles. The Balaban J connectivity index is 1.24. The summed E-state index contributed by atoms with van der Waals surface area (Å²) in [6, 6.07) is 16.4. The summed E-state index contributed by atoms with van der Waals surface area (Å²) in [6.07, 6.45) is 4.57. The van der Waals surface area contributed by atoms with E-state index in [1.165, 1.54) is 6.07 Å². The van der Waals surface area contributed by atoms with E-state index in [1.54, 1.807) is 34.8 Å². The van der Waals surface area contributed by atoms with Gasteiger partial charge in [0.15, 0.2) is 0 Å². The van der Waals surface area contributed by atoms with Gasteiger partial charge in [0, 0.05) is 58.1 Å². The maximum Gasteiger partial charge on any atom is 0.266 e. The van der Waals surface area contributed by atoms with Crippen molar-refractivity contribution in [2.45, 2.75) is 31.2 Å².